The summed E-state index contributed by atoms with van der Waals surface area (Å²) in [5, 5.41) is 20.9. The number of aromatic nitrogens is 2. The summed E-state index contributed by atoms with van der Waals surface area (Å²) in [5.74, 6) is -2.78. The number of amides is 1. The van der Waals surface area contributed by atoms with Crippen molar-refractivity contribution in [2.24, 2.45) is 0 Å². The molecule has 0 saturated carbocycles. The van der Waals surface area contributed by atoms with Crippen LogP contribution in [0, 0.1) is 0 Å². The van der Waals surface area contributed by atoms with E-state index >= 15 is 0 Å². The Morgan fingerprint density at radius 2 is 1.75 bits per heavy atom. The lowest BCUT2D eigenvalue weighted by Crippen LogP contribution is -2.30. The fourth-order valence-corrected chi connectivity index (χ4v) is 4.31. The summed E-state index contributed by atoms with van der Waals surface area (Å²) < 4.78 is 5.33. The van der Waals surface area contributed by atoms with Gasteiger partial charge in [-0.2, -0.15) is 0 Å². The Balaban J connectivity index is 1.72. The van der Waals surface area contributed by atoms with Crippen molar-refractivity contribution in [2.45, 2.75) is 6.04 Å². The number of carbonyl (C=O) groups excluding carboxylic acids is 2. The fraction of sp³-hybridized carbons (Fsp3) is 0.0769. The summed E-state index contributed by atoms with van der Waals surface area (Å²) in [7, 11) is 1.49. The molecule has 0 spiro atoms. The lowest BCUT2D eigenvalue weighted by atomic mass is 9.95. The van der Waals surface area contributed by atoms with Crippen LogP contribution in [0.3, 0.4) is 0 Å². The number of nitrogens with one attached hydrogen (secondary N) is 1. The first-order valence-corrected chi connectivity index (χ1v) is 11.1. The van der Waals surface area contributed by atoms with E-state index in [1.54, 1.807) is 48.5 Å². The average molecular weight is 504 g/mol. The number of aliphatic hydroxyl groups is 1. The van der Waals surface area contributed by atoms with E-state index < -0.39 is 23.7 Å². The summed E-state index contributed by atoms with van der Waals surface area (Å²) in [6, 6.07) is 16.2. The first-order valence-electron chi connectivity index (χ1n) is 10.7. The van der Waals surface area contributed by atoms with Crippen molar-refractivity contribution in [3.8, 4) is 5.75 Å². The van der Waals surface area contributed by atoms with Crippen LogP contribution >= 0.6 is 11.6 Å². The summed E-state index contributed by atoms with van der Waals surface area (Å²) in [4.78, 5) is 46.5. The van der Waals surface area contributed by atoms with Gasteiger partial charge >= 0.3 is 11.9 Å². The first kappa shape index (κ1) is 23.1. The highest BCUT2D eigenvalue weighted by Crippen LogP contribution is 2.42. The Hall–Kier alpha value is -4.63. The molecule has 3 aromatic carbocycles. The van der Waals surface area contributed by atoms with Crippen LogP contribution in [-0.4, -0.2) is 45.0 Å². The highest BCUT2D eigenvalue weighted by atomic mass is 35.5. The van der Waals surface area contributed by atoms with Gasteiger partial charge in [0.1, 0.15) is 11.5 Å². The molecule has 1 aliphatic rings. The molecular weight excluding hydrogens is 486 g/mol. The van der Waals surface area contributed by atoms with Crippen LogP contribution in [0.2, 0.25) is 5.02 Å². The minimum atomic E-state index is -1.12. The molecular formula is C26H18ClN3O6. The number of hydrogen-bond acceptors (Lipinski definition) is 6. The van der Waals surface area contributed by atoms with Crippen molar-refractivity contribution >= 4 is 52.0 Å². The summed E-state index contributed by atoms with van der Waals surface area (Å²) >= 11 is 5.97. The molecule has 10 heteroatoms. The molecule has 5 rings (SSSR count). The molecule has 1 atom stereocenters. The van der Waals surface area contributed by atoms with Gasteiger partial charge in [-0.05, 0) is 60.2 Å². The van der Waals surface area contributed by atoms with Gasteiger partial charge in [0, 0.05) is 10.6 Å². The standard InChI is InChI=1S/C26H18ClN3O6/c1-36-17-4-2-3-14(11-17)21-20(22(31)13-5-8-16(27)9-6-13)23(32)24(33)30(21)26-28-18-10-7-15(25(34)35)12-19(18)29-26/h2-12,21,31H,1H3,(H,28,29)(H,34,35)/b22-20+. The van der Waals surface area contributed by atoms with E-state index in [9.17, 15) is 24.6 Å². The number of halogens is 1. The van der Waals surface area contributed by atoms with E-state index in [0.29, 0.717) is 32.9 Å². The number of ether oxygens (including phenoxy) is 1. The lowest BCUT2D eigenvalue weighted by molar-refractivity contribution is -0.132. The van der Waals surface area contributed by atoms with Crippen molar-refractivity contribution in [1.82, 2.24) is 9.97 Å². The number of anilines is 1. The van der Waals surface area contributed by atoms with Gasteiger partial charge in [-0.3, -0.25) is 14.5 Å². The van der Waals surface area contributed by atoms with Crippen molar-refractivity contribution in [3.05, 3.63) is 94.0 Å². The molecule has 1 saturated heterocycles. The number of aromatic carboxylic acids is 1. The van der Waals surface area contributed by atoms with E-state index in [-0.39, 0.29) is 22.8 Å². The topological polar surface area (TPSA) is 133 Å². The smallest absolute Gasteiger partial charge is 0.335 e. The molecule has 1 unspecified atom stereocenters. The molecule has 1 aliphatic heterocycles. The normalized spacial score (nSPS) is 17.1. The number of Topliss-reactive ketones (excluding diaryl/α,β-unsaturated/α-hetero) is 1. The molecule has 1 amide bonds. The number of nitrogens with zero attached hydrogens (tertiary/aromatic N) is 2. The minimum Gasteiger partial charge on any atom is -0.507 e. The summed E-state index contributed by atoms with van der Waals surface area (Å²) in [6.45, 7) is 0. The van der Waals surface area contributed by atoms with Gasteiger partial charge < -0.3 is 19.9 Å². The number of imidazole rings is 1. The Morgan fingerprint density at radius 3 is 2.44 bits per heavy atom. The number of carboxylic acids is 1. The number of benzene rings is 3. The van der Waals surface area contributed by atoms with Crippen LogP contribution in [0.1, 0.15) is 27.5 Å². The molecule has 180 valence electrons. The van der Waals surface area contributed by atoms with Gasteiger partial charge in [-0.1, -0.05) is 23.7 Å². The van der Waals surface area contributed by atoms with Gasteiger partial charge in [-0.25, -0.2) is 9.78 Å². The highest BCUT2D eigenvalue weighted by molar-refractivity contribution is 6.51. The van der Waals surface area contributed by atoms with Crippen LogP contribution in [0.25, 0.3) is 16.8 Å². The number of methoxy groups -OCH3 is 1. The van der Waals surface area contributed by atoms with E-state index in [0.717, 1.165) is 4.90 Å². The fourth-order valence-electron chi connectivity index (χ4n) is 4.18. The first-order chi connectivity index (χ1) is 17.3. The third-order valence-electron chi connectivity index (χ3n) is 5.92. The number of carbonyl (C=O) groups is 3. The molecule has 3 N–H and O–H groups in total. The predicted octanol–water partition coefficient (Wildman–Crippen LogP) is 4.55. The van der Waals surface area contributed by atoms with Crippen molar-refractivity contribution < 1.29 is 29.3 Å². The van der Waals surface area contributed by atoms with Crippen LogP contribution in [0.4, 0.5) is 5.95 Å². The Labute approximate surface area is 209 Å². The number of aliphatic hydroxyl groups excluding tert-OH is 1. The Kier molecular flexibility index (Phi) is 5.69. The third kappa shape index (κ3) is 3.85. The SMILES string of the molecule is COc1cccc(C2/C(=C(\O)c3ccc(Cl)cc3)C(=O)C(=O)N2c2nc3ccc(C(=O)O)cc3[nH]2)c1. The van der Waals surface area contributed by atoms with Gasteiger partial charge in [-0.15, -0.1) is 0 Å². The molecule has 36 heavy (non-hydrogen) atoms. The average Bonchev–Trinajstić information content (AvgIpc) is 3.41. The molecule has 1 aromatic heterocycles. The number of aromatic amines is 1. The number of ketones is 1. The number of H-pyrrole nitrogens is 1. The zero-order valence-electron chi connectivity index (χ0n) is 18.7. The van der Waals surface area contributed by atoms with Gasteiger partial charge in [0.05, 0.1) is 35.3 Å². The monoisotopic (exact) mass is 503 g/mol. The predicted molar refractivity (Wildman–Crippen MR) is 132 cm³/mol. The van der Waals surface area contributed by atoms with Gasteiger partial charge in [0.25, 0.3) is 5.78 Å². The van der Waals surface area contributed by atoms with Crippen molar-refractivity contribution in [3.63, 3.8) is 0 Å². The van der Waals surface area contributed by atoms with Crippen molar-refractivity contribution in [2.75, 3.05) is 12.0 Å². The van der Waals surface area contributed by atoms with Crippen LogP contribution in [0.5, 0.6) is 5.75 Å². The second kappa shape index (κ2) is 8.86. The van der Waals surface area contributed by atoms with E-state index in [4.69, 9.17) is 16.3 Å². The summed E-state index contributed by atoms with van der Waals surface area (Å²) in [6.07, 6.45) is 0. The lowest BCUT2D eigenvalue weighted by Gasteiger charge is -2.23. The number of hydrogen-bond donors (Lipinski definition) is 3. The molecule has 0 aliphatic carbocycles. The molecule has 4 aromatic rings. The minimum absolute atomic E-state index is 0.0256. The Bertz CT molecular complexity index is 1570. The maximum Gasteiger partial charge on any atom is 0.335 e. The zero-order chi connectivity index (χ0) is 25.6. The van der Waals surface area contributed by atoms with Crippen molar-refractivity contribution in [1.29, 1.82) is 0 Å². The van der Waals surface area contributed by atoms with E-state index in [1.165, 1.54) is 25.3 Å². The highest BCUT2D eigenvalue weighted by Gasteiger charge is 2.48. The number of rotatable bonds is 5. The third-order valence-corrected chi connectivity index (χ3v) is 6.17. The molecule has 0 radical (unpaired) electrons. The van der Waals surface area contributed by atoms with Crippen LogP contribution in [-0.2, 0) is 9.59 Å². The van der Waals surface area contributed by atoms with Crippen LogP contribution < -0.4 is 9.64 Å². The second-order valence-corrected chi connectivity index (χ2v) is 8.49. The molecule has 0 bridgehead atoms. The summed E-state index contributed by atoms with van der Waals surface area (Å²) in [5.41, 5.74) is 1.47. The second-order valence-electron chi connectivity index (χ2n) is 8.05. The largest absolute Gasteiger partial charge is 0.507 e. The maximum atomic E-state index is 13.3. The van der Waals surface area contributed by atoms with Crippen LogP contribution in [0.15, 0.2) is 72.3 Å². The van der Waals surface area contributed by atoms with Gasteiger partial charge in [0.15, 0.2) is 0 Å². The maximum absolute atomic E-state index is 13.3. The Morgan fingerprint density at radius 1 is 1.03 bits per heavy atom. The van der Waals surface area contributed by atoms with Gasteiger partial charge in [0.2, 0.25) is 5.95 Å². The van der Waals surface area contributed by atoms with E-state index in [2.05, 4.69) is 9.97 Å². The molecule has 1 fully saturated rings. The molecule has 2 heterocycles. The molecule has 9 nitrogen and oxygen atoms in total. The number of fused-ring (bicyclic) bond motifs is 1. The number of carboxylic acid groups (broad SMARTS) is 1. The zero-order valence-corrected chi connectivity index (χ0v) is 19.5. The quantitative estimate of drug-likeness (QED) is 0.207. The van der Waals surface area contributed by atoms with E-state index in [1.807, 2.05) is 0 Å².